The summed E-state index contributed by atoms with van der Waals surface area (Å²) in [5.41, 5.74) is 0.917. The highest BCUT2D eigenvalue weighted by Crippen LogP contribution is 2.32. The lowest BCUT2D eigenvalue weighted by molar-refractivity contribution is -0.158. The third kappa shape index (κ3) is 2.97. The van der Waals surface area contributed by atoms with Crippen molar-refractivity contribution in [1.82, 2.24) is 10.2 Å². The minimum atomic E-state index is -0.231. The van der Waals surface area contributed by atoms with Crippen molar-refractivity contribution in [3.63, 3.8) is 0 Å². The number of hydrogen-bond acceptors (Lipinski definition) is 3. The second-order valence-corrected chi connectivity index (χ2v) is 6.66. The number of ether oxygens (including phenoxy) is 1. The third-order valence-corrected chi connectivity index (χ3v) is 4.56. The average molecular weight is 288 g/mol. The van der Waals surface area contributed by atoms with E-state index in [0.717, 1.165) is 25.1 Å². The number of benzene rings is 1. The predicted octanol–water partition coefficient (Wildman–Crippen LogP) is 1.97. The van der Waals surface area contributed by atoms with Gasteiger partial charge in [0.1, 0.15) is 6.10 Å². The number of hydrogen-bond donors (Lipinski definition) is 1. The first-order valence-corrected chi connectivity index (χ1v) is 7.77. The Morgan fingerprint density at radius 1 is 1.33 bits per heavy atom. The van der Waals surface area contributed by atoms with E-state index in [0.29, 0.717) is 13.2 Å². The van der Waals surface area contributed by atoms with Gasteiger partial charge in [-0.2, -0.15) is 0 Å². The molecule has 0 spiro atoms. The Kier molecular flexibility index (Phi) is 4.00. The molecular formula is C17H24N2O2. The van der Waals surface area contributed by atoms with Crippen molar-refractivity contribution in [2.24, 2.45) is 5.92 Å². The summed E-state index contributed by atoms with van der Waals surface area (Å²) in [6.45, 7) is 7.17. The molecule has 0 bridgehead atoms. The van der Waals surface area contributed by atoms with Crippen LogP contribution in [0.3, 0.4) is 0 Å². The molecule has 1 amide bonds. The molecule has 0 saturated carbocycles. The van der Waals surface area contributed by atoms with Gasteiger partial charge in [0.2, 0.25) is 5.91 Å². The molecule has 4 nitrogen and oxygen atoms in total. The van der Waals surface area contributed by atoms with Gasteiger partial charge in [-0.3, -0.25) is 4.79 Å². The van der Waals surface area contributed by atoms with E-state index in [2.05, 4.69) is 31.3 Å². The first-order valence-electron chi connectivity index (χ1n) is 7.77. The molecule has 3 rings (SSSR count). The summed E-state index contributed by atoms with van der Waals surface area (Å²) >= 11 is 0. The monoisotopic (exact) mass is 288 g/mol. The first kappa shape index (κ1) is 14.5. The Labute approximate surface area is 126 Å². The maximum Gasteiger partial charge on any atom is 0.227 e. The summed E-state index contributed by atoms with van der Waals surface area (Å²) in [6, 6.07) is 10.2. The Balaban J connectivity index is 1.77. The second kappa shape index (κ2) is 5.78. The van der Waals surface area contributed by atoms with Crippen LogP contribution in [-0.2, 0) is 9.53 Å². The first-order chi connectivity index (χ1) is 10.1. The fourth-order valence-electron chi connectivity index (χ4n) is 3.19. The van der Waals surface area contributed by atoms with Crippen molar-refractivity contribution in [2.45, 2.75) is 31.9 Å². The molecule has 2 heterocycles. The molecule has 0 aromatic heterocycles. The molecule has 2 fully saturated rings. The van der Waals surface area contributed by atoms with Crippen molar-refractivity contribution in [1.29, 1.82) is 0 Å². The number of amides is 1. The number of carbonyl (C=O) groups excluding carboxylic acids is 1. The van der Waals surface area contributed by atoms with Gasteiger partial charge in [0.05, 0.1) is 24.6 Å². The highest BCUT2D eigenvalue weighted by molar-refractivity contribution is 5.80. The molecule has 2 aliphatic rings. The van der Waals surface area contributed by atoms with E-state index in [1.165, 1.54) is 0 Å². The molecule has 114 valence electrons. The van der Waals surface area contributed by atoms with E-state index in [-0.39, 0.29) is 23.5 Å². The van der Waals surface area contributed by atoms with Crippen LogP contribution in [0.25, 0.3) is 0 Å². The third-order valence-electron chi connectivity index (χ3n) is 4.56. The van der Waals surface area contributed by atoms with Crippen molar-refractivity contribution in [3.8, 4) is 0 Å². The minimum Gasteiger partial charge on any atom is -0.369 e. The fourth-order valence-corrected chi connectivity index (χ4v) is 3.19. The van der Waals surface area contributed by atoms with E-state index in [1.54, 1.807) is 0 Å². The zero-order chi connectivity index (χ0) is 14.9. The van der Waals surface area contributed by atoms with Crippen LogP contribution in [0.15, 0.2) is 30.3 Å². The van der Waals surface area contributed by atoms with Gasteiger partial charge in [0.15, 0.2) is 0 Å². The van der Waals surface area contributed by atoms with Crippen LogP contribution in [0.5, 0.6) is 0 Å². The molecule has 0 radical (unpaired) electrons. The molecule has 1 aromatic carbocycles. The van der Waals surface area contributed by atoms with Gasteiger partial charge >= 0.3 is 0 Å². The van der Waals surface area contributed by atoms with E-state index in [4.69, 9.17) is 4.74 Å². The lowest BCUT2D eigenvalue weighted by Crippen LogP contribution is -2.57. The van der Waals surface area contributed by atoms with Crippen LogP contribution < -0.4 is 5.32 Å². The predicted molar refractivity (Wildman–Crippen MR) is 81.9 cm³/mol. The Morgan fingerprint density at radius 2 is 2.10 bits per heavy atom. The van der Waals surface area contributed by atoms with Gasteiger partial charge < -0.3 is 15.0 Å². The summed E-state index contributed by atoms with van der Waals surface area (Å²) in [7, 11) is 0. The Bertz CT molecular complexity index is 495. The summed E-state index contributed by atoms with van der Waals surface area (Å²) < 4.78 is 6.01. The van der Waals surface area contributed by atoms with Crippen molar-refractivity contribution in [2.75, 3.05) is 26.2 Å². The summed E-state index contributed by atoms with van der Waals surface area (Å²) in [6.07, 6.45) is 0.931. The standard InChI is InChI=1S/C17H24N2O2/c1-17(2)12-21-15(13-6-4-3-5-7-13)11-19(17)16(20)14-8-9-18-10-14/h3-7,14-15,18H,8-12H2,1-2H3. The normalized spacial score (nSPS) is 28.6. The van der Waals surface area contributed by atoms with Crippen molar-refractivity contribution in [3.05, 3.63) is 35.9 Å². The lowest BCUT2D eigenvalue weighted by atomic mass is 9.95. The molecule has 1 aromatic rings. The van der Waals surface area contributed by atoms with E-state index in [9.17, 15) is 4.79 Å². The maximum atomic E-state index is 12.8. The van der Waals surface area contributed by atoms with E-state index in [1.807, 2.05) is 23.1 Å². The highest BCUT2D eigenvalue weighted by Gasteiger charge is 2.41. The van der Waals surface area contributed by atoms with Crippen molar-refractivity contribution >= 4 is 5.91 Å². The quantitative estimate of drug-likeness (QED) is 0.904. The molecule has 4 heteroatoms. The molecule has 2 saturated heterocycles. The average Bonchev–Trinajstić information content (AvgIpc) is 3.01. The Morgan fingerprint density at radius 3 is 2.76 bits per heavy atom. The van der Waals surface area contributed by atoms with Crippen molar-refractivity contribution < 1.29 is 9.53 Å². The largest absolute Gasteiger partial charge is 0.369 e. The zero-order valence-corrected chi connectivity index (χ0v) is 12.8. The summed E-state index contributed by atoms with van der Waals surface area (Å²) in [4.78, 5) is 14.9. The number of nitrogens with zero attached hydrogens (tertiary/aromatic N) is 1. The SMILES string of the molecule is CC1(C)COC(c2ccccc2)CN1C(=O)C1CCNC1. The maximum absolute atomic E-state index is 12.8. The molecule has 1 N–H and O–H groups in total. The fraction of sp³-hybridized carbons (Fsp3) is 0.588. The summed E-state index contributed by atoms with van der Waals surface area (Å²) in [5.74, 6) is 0.396. The van der Waals surface area contributed by atoms with E-state index >= 15 is 0 Å². The zero-order valence-electron chi connectivity index (χ0n) is 12.8. The van der Waals surface area contributed by atoms with Gasteiger partial charge in [-0.25, -0.2) is 0 Å². The van der Waals surface area contributed by atoms with Crippen LogP contribution in [0.4, 0.5) is 0 Å². The topological polar surface area (TPSA) is 41.6 Å². The number of nitrogens with one attached hydrogen (secondary N) is 1. The highest BCUT2D eigenvalue weighted by atomic mass is 16.5. The van der Waals surface area contributed by atoms with Gasteiger partial charge in [0, 0.05) is 6.54 Å². The molecular weight excluding hydrogens is 264 g/mol. The minimum absolute atomic E-state index is 0.0162. The summed E-state index contributed by atoms with van der Waals surface area (Å²) in [5, 5.41) is 3.28. The Hall–Kier alpha value is -1.39. The van der Waals surface area contributed by atoms with Gasteiger partial charge in [-0.05, 0) is 32.4 Å². The van der Waals surface area contributed by atoms with Crippen LogP contribution in [0, 0.1) is 5.92 Å². The van der Waals surface area contributed by atoms with Crippen LogP contribution in [0.1, 0.15) is 31.9 Å². The smallest absolute Gasteiger partial charge is 0.227 e. The number of rotatable bonds is 2. The second-order valence-electron chi connectivity index (χ2n) is 6.66. The molecule has 2 aliphatic heterocycles. The number of morpholine rings is 1. The number of carbonyl (C=O) groups is 1. The molecule has 2 unspecified atom stereocenters. The van der Waals surface area contributed by atoms with Crippen LogP contribution in [0.2, 0.25) is 0 Å². The van der Waals surface area contributed by atoms with Gasteiger partial charge in [0.25, 0.3) is 0 Å². The van der Waals surface area contributed by atoms with Gasteiger partial charge in [-0.1, -0.05) is 30.3 Å². The van der Waals surface area contributed by atoms with Gasteiger partial charge in [-0.15, -0.1) is 0 Å². The lowest BCUT2D eigenvalue weighted by Gasteiger charge is -2.46. The molecule has 0 aliphatic carbocycles. The molecule has 2 atom stereocenters. The van der Waals surface area contributed by atoms with Crippen LogP contribution in [-0.4, -0.2) is 42.6 Å². The molecule has 21 heavy (non-hydrogen) atoms. The van der Waals surface area contributed by atoms with E-state index < -0.39 is 0 Å². The van der Waals surface area contributed by atoms with Crippen LogP contribution >= 0.6 is 0 Å².